The molecular formula is C31H34N2O. The molecule has 2 spiro atoms. The number of hydrogen-bond donors (Lipinski definition) is 1. The molecule has 2 aromatic carbocycles. The Bertz CT molecular complexity index is 1310. The number of fused-ring (bicyclic) bond motifs is 4. The molecular weight excluding hydrogens is 416 g/mol. The Labute approximate surface area is 202 Å². The third-order valence-electron chi connectivity index (χ3n) is 10.5. The first kappa shape index (κ1) is 20.7. The van der Waals surface area contributed by atoms with Gasteiger partial charge in [-0.3, -0.25) is 4.79 Å². The van der Waals surface area contributed by atoms with Crippen LogP contribution in [-0.2, 0) is 4.79 Å². The Morgan fingerprint density at radius 3 is 2.29 bits per heavy atom. The molecule has 34 heavy (non-hydrogen) atoms. The topological polar surface area (TPSA) is 52.9 Å². The van der Waals surface area contributed by atoms with Crippen molar-refractivity contribution in [2.75, 3.05) is 5.32 Å². The molecule has 3 atom stereocenters. The maximum atomic E-state index is 14.8. The van der Waals surface area contributed by atoms with Crippen LogP contribution in [0.15, 0.2) is 29.8 Å². The van der Waals surface area contributed by atoms with Gasteiger partial charge < -0.3 is 5.32 Å². The predicted octanol–water partition coefficient (Wildman–Crippen LogP) is 7.50. The number of Topliss-reactive ketones (excluding diaryl/α,β-unsaturated/α-hetero) is 1. The van der Waals surface area contributed by atoms with Crippen LogP contribution in [0, 0.1) is 28.1 Å². The minimum absolute atomic E-state index is 0.280. The van der Waals surface area contributed by atoms with E-state index in [4.69, 9.17) is 0 Å². The molecule has 2 bridgehead atoms. The molecule has 7 rings (SSSR count). The molecule has 2 heterocycles. The second kappa shape index (κ2) is 6.97. The summed E-state index contributed by atoms with van der Waals surface area (Å²) in [5.41, 5.74) is 6.70. The number of carbonyl (C=O) groups is 1. The molecule has 5 aliphatic rings. The van der Waals surface area contributed by atoms with Crippen molar-refractivity contribution >= 4 is 27.8 Å². The number of nitrogens with one attached hydrogen (secondary N) is 1. The monoisotopic (exact) mass is 450 g/mol. The average molecular weight is 451 g/mol. The van der Waals surface area contributed by atoms with Crippen LogP contribution in [0.3, 0.4) is 0 Å². The number of nitrogens with zero attached hydrogens (tertiary/aromatic N) is 1. The van der Waals surface area contributed by atoms with Crippen LogP contribution in [0.25, 0.3) is 16.3 Å². The summed E-state index contributed by atoms with van der Waals surface area (Å²) in [5.74, 6) is 1.19. The lowest BCUT2D eigenvalue weighted by molar-refractivity contribution is -0.135. The lowest BCUT2D eigenvalue weighted by Crippen LogP contribution is -2.44. The number of allylic oxidation sites excluding steroid dienone is 1. The zero-order valence-corrected chi connectivity index (χ0v) is 20.5. The second-order valence-corrected chi connectivity index (χ2v) is 11.9. The molecule has 174 valence electrons. The van der Waals surface area contributed by atoms with Crippen molar-refractivity contribution in [3.8, 4) is 6.07 Å². The van der Waals surface area contributed by atoms with Crippen LogP contribution in [-0.4, -0.2) is 11.8 Å². The Hall–Kier alpha value is -2.60. The van der Waals surface area contributed by atoms with E-state index in [2.05, 4.69) is 49.5 Å². The van der Waals surface area contributed by atoms with Crippen molar-refractivity contribution in [1.82, 2.24) is 0 Å². The van der Waals surface area contributed by atoms with E-state index in [-0.39, 0.29) is 16.9 Å². The van der Waals surface area contributed by atoms with Gasteiger partial charge in [0.15, 0.2) is 5.78 Å². The SMILES string of the molecule is CC1C2=C(c3cc(C#N)c4cccc5c4c3NC1C5C)C1(CCCCC1)C(=O)C21CCCCC1. The van der Waals surface area contributed by atoms with Crippen molar-refractivity contribution in [3.05, 3.63) is 46.5 Å². The van der Waals surface area contributed by atoms with E-state index in [1.165, 1.54) is 46.2 Å². The molecule has 2 aliphatic heterocycles. The van der Waals surface area contributed by atoms with Gasteiger partial charge in [-0.15, -0.1) is 0 Å². The zero-order chi connectivity index (χ0) is 23.2. The highest BCUT2D eigenvalue weighted by atomic mass is 16.1. The predicted molar refractivity (Wildman–Crippen MR) is 137 cm³/mol. The molecule has 2 saturated carbocycles. The highest BCUT2D eigenvalue weighted by molar-refractivity contribution is 6.15. The molecule has 2 fully saturated rings. The number of hydrogen-bond acceptors (Lipinski definition) is 3. The Morgan fingerprint density at radius 2 is 1.62 bits per heavy atom. The van der Waals surface area contributed by atoms with E-state index in [9.17, 15) is 10.1 Å². The summed E-state index contributed by atoms with van der Waals surface area (Å²) < 4.78 is 0. The number of ketones is 1. The van der Waals surface area contributed by atoms with Crippen molar-refractivity contribution < 1.29 is 4.79 Å². The summed E-state index contributed by atoms with van der Waals surface area (Å²) >= 11 is 0. The summed E-state index contributed by atoms with van der Waals surface area (Å²) in [7, 11) is 0. The Balaban J connectivity index is 1.64. The number of nitriles is 1. The molecule has 3 aliphatic carbocycles. The summed E-state index contributed by atoms with van der Waals surface area (Å²) in [4.78, 5) is 14.8. The summed E-state index contributed by atoms with van der Waals surface area (Å²) in [6.45, 7) is 4.74. The molecule has 3 nitrogen and oxygen atoms in total. The maximum Gasteiger partial charge on any atom is 0.153 e. The van der Waals surface area contributed by atoms with E-state index in [0.29, 0.717) is 17.6 Å². The summed E-state index contributed by atoms with van der Waals surface area (Å²) in [5, 5.41) is 16.5. The summed E-state index contributed by atoms with van der Waals surface area (Å²) in [6, 6.07) is 11.5. The van der Waals surface area contributed by atoms with Crippen LogP contribution < -0.4 is 5.32 Å². The quantitative estimate of drug-likeness (QED) is 0.452. The molecule has 0 aromatic heterocycles. The Kier molecular flexibility index (Phi) is 4.25. The highest BCUT2D eigenvalue weighted by Crippen LogP contribution is 2.68. The second-order valence-electron chi connectivity index (χ2n) is 11.9. The molecule has 1 N–H and O–H groups in total. The van der Waals surface area contributed by atoms with Gasteiger partial charge in [0.1, 0.15) is 0 Å². The molecule has 3 heteroatoms. The third kappa shape index (κ3) is 2.31. The molecule has 0 radical (unpaired) electrons. The van der Waals surface area contributed by atoms with Gasteiger partial charge in [0.2, 0.25) is 0 Å². The van der Waals surface area contributed by atoms with Crippen LogP contribution in [0.1, 0.15) is 101 Å². The van der Waals surface area contributed by atoms with Gasteiger partial charge in [0, 0.05) is 28.3 Å². The zero-order valence-electron chi connectivity index (χ0n) is 20.5. The molecule has 2 aromatic rings. The van der Waals surface area contributed by atoms with Gasteiger partial charge in [0.25, 0.3) is 0 Å². The lowest BCUT2D eigenvalue weighted by Gasteiger charge is -2.44. The van der Waals surface area contributed by atoms with E-state index in [1.807, 2.05) is 0 Å². The first-order valence-corrected chi connectivity index (χ1v) is 13.6. The lowest BCUT2D eigenvalue weighted by atomic mass is 9.60. The fraction of sp³-hybridized carbons (Fsp3) is 0.548. The molecule has 0 saturated heterocycles. The smallest absolute Gasteiger partial charge is 0.153 e. The van der Waals surface area contributed by atoms with Crippen LogP contribution in [0.2, 0.25) is 0 Å². The minimum Gasteiger partial charge on any atom is -0.380 e. The summed E-state index contributed by atoms with van der Waals surface area (Å²) in [6.07, 6.45) is 11.1. The Morgan fingerprint density at radius 1 is 0.941 bits per heavy atom. The van der Waals surface area contributed by atoms with Gasteiger partial charge in [-0.1, -0.05) is 70.6 Å². The molecule has 0 amide bonds. The van der Waals surface area contributed by atoms with Crippen molar-refractivity contribution in [2.45, 2.75) is 90.0 Å². The average Bonchev–Trinajstić information content (AvgIpc) is 2.98. The first-order chi connectivity index (χ1) is 16.5. The standard InChI is InChI=1S/C31H34N2O/c1-18-21-10-9-11-22-20(17-32)16-23-26-25(19(2)27(18)33-28(23)24(21)22)30(12-5-3-6-13-30)29(34)31(26)14-7-4-8-15-31/h9-11,16,18-19,27,33H,3-8,12-15H2,1-2H3. The number of anilines is 1. The van der Waals surface area contributed by atoms with Crippen molar-refractivity contribution in [3.63, 3.8) is 0 Å². The van der Waals surface area contributed by atoms with Crippen LogP contribution in [0.4, 0.5) is 5.69 Å². The van der Waals surface area contributed by atoms with Gasteiger partial charge in [-0.2, -0.15) is 5.26 Å². The van der Waals surface area contributed by atoms with E-state index in [1.54, 1.807) is 0 Å². The highest BCUT2D eigenvalue weighted by Gasteiger charge is 2.63. The van der Waals surface area contributed by atoms with Gasteiger partial charge in [-0.05, 0) is 54.4 Å². The molecule has 3 unspecified atom stereocenters. The van der Waals surface area contributed by atoms with Crippen molar-refractivity contribution in [2.24, 2.45) is 16.7 Å². The fourth-order valence-electron chi connectivity index (χ4n) is 9.09. The maximum absolute atomic E-state index is 14.8. The normalized spacial score (nSPS) is 30.4. The van der Waals surface area contributed by atoms with E-state index < -0.39 is 0 Å². The van der Waals surface area contributed by atoms with Crippen LogP contribution >= 0.6 is 0 Å². The van der Waals surface area contributed by atoms with Crippen molar-refractivity contribution in [1.29, 1.82) is 5.26 Å². The largest absolute Gasteiger partial charge is 0.380 e. The number of benzene rings is 2. The van der Waals surface area contributed by atoms with Crippen LogP contribution in [0.5, 0.6) is 0 Å². The van der Waals surface area contributed by atoms with Gasteiger partial charge in [0.05, 0.1) is 28.2 Å². The number of rotatable bonds is 0. The van der Waals surface area contributed by atoms with E-state index >= 15 is 0 Å². The fourth-order valence-corrected chi connectivity index (χ4v) is 9.09. The minimum atomic E-state index is -0.354. The first-order valence-electron chi connectivity index (χ1n) is 13.6. The van der Waals surface area contributed by atoms with Gasteiger partial charge >= 0.3 is 0 Å². The third-order valence-corrected chi connectivity index (χ3v) is 10.5. The van der Waals surface area contributed by atoms with E-state index in [0.717, 1.165) is 62.3 Å². The number of carbonyl (C=O) groups excluding carboxylic acids is 1. The van der Waals surface area contributed by atoms with Gasteiger partial charge in [-0.25, -0.2) is 0 Å².